The molecule has 2 aromatic rings. The zero-order valence-corrected chi connectivity index (χ0v) is 15.4. The van der Waals surface area contributed by atoms with Gasteiger partial charge in [-0.1, -0.05) is 12.1 Å². The number of furan rings is 1. The van der Waals surface area contributed by atoms with E-state index in [1.807, 2.05) is 37.3 Å². The van der Waals surface area contributed by atoms with Crippen LogP contribution in [0, 0.1) is 0 Å². The minimum atomic E-state index is -0.648. The van der Waals surface area contributed by atoms with Crippen LogP contribution in [-0.4, -0.2) is 36.9 Å². The molecule has 2 unspecified atom stereocenters. The first-order valence-electron chi connectivity index (χ1n) is 8.35. The molecule has 6 nitrogen and oxygen atoms in total. The predicted octanol–water partition coefficient (Wildman–Crippen LogP) is 3.03. The topological polar surface area (TPSA) is 71.8 Å². The summed E-state index contributed by atoms with van der Waals surface area (Å²) in [4.78, 5) is 26.1. The van der Waals surface area contributed by atoms with Crippen LogP contribution in [0.4, 0.5) is 0 Å². The van der Waals surface area contributed by atoms with Crippen molar-refractivity contribution in [1.82, 2.24) is 10.2 Å². The highest BCUT2D eigenvalue weighted by Crippen LogP contribution is 2.19. The molecule has 2 atom stereocenters. The molecular weight excluding hydrogens is 332 g/mol. The van der Waals surface area contributed by atoms with Gasteiger partial charge in [0.2, 0.25) is 11.8 Å². The number of likely N-dealkylation sites (N-methyl/N-ethyl adjacent to an activating group) is 1. The summed E-state index contributed by atoms with van der Waals surface area (Å²) in [7, 11) is 3.28. The molecule has 0 radical (unpaired) electrons. The average Bonchev–Trinajstić information content (AvgIpc) is 3.19. The van der Waals surface area contributed by atoms with Crippen LogP contribution >= 0.6 is 0 Å². The Morgan fingerprint density at radius 3 is 2.46 bits per heavy atom. The Kier molecular flexibility index (Phi) is 6.60. The minimum absolute atomic E-state index is 0.194. The highest BCUT2D eigenvalue weighted by molar-refractivity contribution is 5.95. The van der Waals surface area contributed by atoms with E-state index in [9.17, 15) is 9.59 Å². The fourth-order valence-electron chi connectivity index (χ4n) is 2.43. The number of hydrogen-bond donors (Lipinski definition) is 1. The second kappa shape index (κ2) is 8.89. The van der Waals surface area contributed by atoms with E-state index in [4.69, 9.17) is 9.15 Å². The predicted molar refractivity (Wildman–Crippen MR) is 99.5 cm³/mol. The first-order chi connectivity index (χ1) is 12.4. The van der Waals surface area contributed by atoms with Crippen LogP contribution in [0.3, 0.4) is 0 Å². The van der Waals surface area contributed by atoms with Crippen molar-refractivity contribution >= 4 is 17.9 Å². The van der Waals surface area contributed by atoms with Gasteiger partial charge in [-0.05, 0) is 49.8 Å². The smallest absolute Gasteiger partial charge is 0.245 e. The van der Waals surface area contributed by atoms with Crippen LogP contribution in [0.25, 0.3) is 6.08 Å². The molecule has 2 rings (SSSR count). The van der Waals surface area contributed by atoms with E-state index in [1.165, 1.54) is 6.08 Å². The van der Waals surface area contributed by atoms with Gasteiger partial charge in [0.15, 0.2) is 0 Å². The molecule has 0 saturated carbocycles. The van der Waals surface area contributed by atoms with E-state index in [0.29, 0.717) is 5.76 Å². The maximum absolute atomic E-state index is 12.5. The third-order valence-electron chi connectivity index (χ3n) is 4.16. The van der Waals surface area contributed by atoms with Crippen LogP contribution in [0.1, 0.15) is 31.2 Å². The molecule has 6 heteroatoms. The van der Waals surface area contributed by atoms with Crippen LogP contribution in [0.5, 0.6) is 5.75 Å². The van der Waals surface area contributed by atoms with Gasteiger partial charge in [-0.15, -0.1) is 0 Å². The minimum Gasteiger partial charge on any atom is -0.497 e. The highest BCUT2D eigenvalue weighted by Gasteiger charge is 2.24. The van der Waals surface area contributed by atoms with Crippen molar-refractivity contribution in [3.05, 3.63) is 60.1 Å². The van der Waals surface area contributed by atoms with Crippen molar-refractivity contribution in [2.45, 2.75) is 25.9 Å². The monoisotopic (exact) mass is 356 g/mol. The number of carbonyl (C=O) groups is 2. The zero-order valence-electron chi connectivity index (χ0n) is 15.4. The van der Waals surface area contributed by atoms with Crippen molar-refractivity contribution in [3.8, 4) is 5.75 Å². The van der Waals surface area contributed by atoms with Gasteiger partial charge in [-0.3, -0.25) is 9.59 Å². The normalized spacial score (nSPS) is 13.2. The molecule has 138 valence electrons. The quantitative estimate of drug-likeness (QED) is 0.774. The number of ether oxygens (including phenoxy) is 1. The molecule has 0 aliphatic heterocycles. The summed E-state index contributed by atoms with van der Waals surface area (Å²) in [6.45, 7) is 3.53. The summed E-state index contributed by atoms with van der Waals surface area (Å²) in [5.41, 5.74) is 0.864. The van der Waals surface area contributed by atoms with Gasteiger partial charge >= 0.3 is 0 Å². The molecule has 1 aromatic carbocycles. The van der Waals surface area contributed by atoms with Gasteiger partial charge in [0, 0.05) is 13.1 Å². The summed E-state index contributed by atoms with van der Waals surface area (Å²) in [6.07, 6.45) is 4.65. The van der Waals surface area contributed by atoms with E-state index in [-0.39, 0.29) is 17.9 Å². The maximum Gasteiger partial charge on any atom is 0.245 e. The van der Waals surface area contributed by atoms with Crippen LogP contribution < -0.4 is 10.1 Å². The summed E-state index contributed by atoms with van der Waals surface area (Å²) in [6, 6.07) is 10.0. The molecule has 2 amide bonds. The maximum atomic E-state index is 12.5. The molecule has 0 spiro atoms. The SMILES string of the molecule is COc1ccc(/C=C/C(=O)NC(C)C(=O)N(C)C(C)c2ccco2)cc1. The van der Waals surface area contributed by atoms with E-state index in [2.05, 4.69) is 5.32 Å². The first-order valence-corrected chi connectivity index (χ1v) is 8.35. The molecule has 0 saturated heterocycles. The van der Waals surface area contributed by atoms with Gasteiger partial charge in [0.05, 0.1) is 19.4 Å². The van der Waals surface area contributed by atoms with Crippen molar-refractivity contribution in [2.24, 2.45) is 0 Å². The van der Waals surface area contributed by atoms with Crippen molar-refractivity contribution < 1.29 is 18.7 Å². The molecule has 1 N–H and O–H groups in total. The lowest BCUT2D eigenvalue weighted by molar-refractivity contribution is -0.136. The first kappa shape index (κ1) is 19.3. The Morgan fingerprint density at radius 2 is 1.88 bits per heavy atom. The van der Waals surface area contributed by atoms with Crippen molar-refractivity contribution in [1.29, 1.82) is 0 Å². The van der Waals surface area contributed by atoms with Gasteiger partial charge in [0.25, 0.3) is 0 Å². The number of benzene rings is 1. The van der Waals surface area contributed by atoms with Crippen molar-refractivity contribution in [3.63, 3.8) is 0 Å². The Bertz CT molecular complexity index is 751. The third-order valence-corrected chi connectivity index (χ3v) is 4.16. The summed E-state index contributed by atoms with van der Waals surface area (Å²) < 4.78 is 10.4. The standard InChI is InChI=1S/C20H24N2O4/c1-14(20(24)22(3)15(2)18-6-5-13-26-18)21-19(23)12-9-16-7-10-17(25-4)11-8-16/h5-15H,1-4H3,(H,21,23)/b12-9+. The van der Waals surface area contributed by atoms with Gasteiger partial charge in [-0.25, -0.2) is 0 Å². The zero-order chi connectivity index (χ0) is 19.1. The summed E-state index contributed by atoms with van der Waals surface area (Å²) in [5.74, 6) is 0.916. The Labute approximate surface area is 153 Å². The summed E-state index contributed by atoms with van der Waals surface area (Å²) in [5, 5.41) is 2.68. The van der Waals surface area contributed by atoms with Crippen LogP contribution in [0.2, 0.25) is 0 Å². The fourth-order valence-corrected chi connectivity index (χ4v) is 2.43. The third kappa shape index (κ3) is 4.99. The summed E-state index contributed by atoms with van der Waals surface area (Å²) >= 11 is 0. The second-order valence-electron chi connectivity index (χ2n) is 5.98. The molecule has 1 aromatic heterocycles. The fraction of sp³-hybridized carbons (Fsp3) is 0.300. The molecule has 0 aliphatic rings. The second-order valence-corrected chi connectivity index (χ2v) is 5.98. The lowest BCUT2D eigenvalue weighted by atomic mass is 10.2. The van der Waals surface area contributed by atoms with Gasteiger partial charge in [0.1, 0.15) is 17.6 Å². The number of carbonyl (C=O) groups excluding carboxylic acids is 2. The van der Waals surface area contributed by atoms with Crippen LogP contribution in [-0.2, 0) is 9.59 Å². The number of rotatable bonds is 7. The average molecular weight is 356 g/mol. The molecule has 26 heavy (non-hydrogen) atoms. The Hall–Kier alpha value is -3.02. The lowest BCUT2D eigenvalue weighted by Gasteiger charge is -2.26. The van der Waals surface area contributed by atoms with E-state index >= 15 is 0 Å². The Balaban J connectivity index is 1.90. The van der Waals surface area contributed by atoms with Gasteiger partial charge in [-0.2, -0.15) is 0 Å². The van der Waals surface area contributed by atoms with Crippen LogP contribution in [0.15, 0.2) is 53.2 Å². The number of amides is 2. The van der Waals surface area contributed by atoms with E-state index < -0.39 is 6.04 Å². The largest absolute Gasteiger partial charge is 0.497 e. The van der Waals surface area contributed by atoms with E-state index in [1.54, 1.807) is 44.4 Å². The molecule has 0 bridgehead atoms. The van der Waals surface area contributed by atoms with Crippen molar-refractivity contribution in [2.75, 3.05) is 14.2 Å². The number of methoxy groups -OCH3 is 1. The highest BCUT2D eigenvalue weighted by atomic mass is 16.5. The molecule has 0 fully saturated rings. The number of nitrogens with one attached hydrogen (secondary N) is 1. The van der Waals surface area contributed by atoms with E-state index in [0.717, 1.165) is 11.3 Å². The number of hydrogen-bond acceptors (Lipinski definition) is 4. The number of nitrogens with zero attached hydrogens (tertiary/aromatic N) is 1. The van der Waals surface area contributed by atoms with Gasteiger partial charge < -0.3 is 19.4 Å². The molecule has 1 heterocycles. The molecule has 0 aliphatic carbocycles. The lowest BCUT2D eigenvalue weighted by Crippen LogP contribution is -2.45. The Morgan fingerprint density at radius 1 is 1.19 bits per heavy atom. The molecular formula is C20H24N2O4.